The Hall–Kier alpha value is -3.82. The largest absolute Gasteiger partial charge is 0.366 e. The lowest BCUT2D eigenvalue weighted by atomic mass is 10.1. The molecule has 10 heteroatoms. The molecule has 0 atom stereocenters. The molecule has 0 unspecified atom stereocenters. The van der Waals surface area contributed by atoms with Gasteiger partial charge in [0.1, 0.15) is 17.7 Å². The van der Waals surface area contributed by atoms with Crippen LogP contribution in [0.2, 0.25) is 0 Å². The van der Waals surface area contributed by atoms with Gasteiger partial charge in [-0.25, -0.2) is 4.98 Å². The number of fused-ring (bicyclic) bond motifs is 2. The number of nitrogens with zero attached hydrogens (tertiary/aromatic N) is 8. The monoisotopic (exact) mass is 390 g/mol. The Labute approximate surface area is 165 Å². The molecule has 1 aliphatic heterocycles. The zero-order valence-corrected chi connectivity index (χ0v) is 15.8. The second kappa shape index (κ2) is 6.66. The van der Waals surface area contributed by atoms with Gasteiger partial charge in [-0.05, 0) is 25.1 Å². The van der Waals surface area contributed by atoms with Crippen LogP contribution in [-0.4, -0.2) is 55.7 Å². The van der Waals surface area contributed by atoms with Crippen molar-refractivity contribution in [3.63, 3.8) is 0 Å². The van der Waals surface area contributed by atoms with Crippen molar-refractivity contribution in [2.75, 3.05) is 36.0 Å². The summed E-state index contributed by atoms with van der Waals surface area (Å²) in [7, 11) is 0. The molecule has 0 spiro atoms. The maximum absolute atomic E-state index is 11.4. The van der Waals surface area contributed by atoms with Gasteiger partial charge in [0.05, 0.1) is 16.0 Å². The van der Waals surface area contributed by atoms with Crippen LogP contribution in [0.5, 0.6) is 0 Å². The highest BCUT2D eigenvalue weighted by molar-refractivity contribution is 5.97. The Morgan fingerprint density at radius 3 is 2.66 bits per heavy atom. The average molecular weight is 390 g/mol. The second-order valence-electron chi connectivity index (χ2n) is 6.96. The number of aryl methyl sites for hydroxylation is 1. The number of benzene rings is 1. The molecule has 1 fully saturated rings. The van der Waals surface area contributed by atoms with E-state index in [-0.39, 0.29) is 10.6 Å². The van der Waals surface area contributed by atoms with Crippen LogP contribution in [0.25, 0.3) is 16.7 Å². The van der Waals surface area contributed by atoms with E-state index in [1.165, 1.54) is 6.33 Å². The topological polar surface area (TPSA) is 106 Å². The van der Waals surface area contributed by atoms with Crippen molar-refractivity contribution in [1.29, 1.82) is 0 Å². The number of nitro groups is 1. The van der Waals surface area contributed by atoms with Crippen LogP contribution in [0.15, 0.2) is 42.9 Å². The van der Waals surface area contributed by atoms with Gasteiger partial charge in [-0.3, -0.25) is 15.1 Å². The van der Waals surface area contributed by atoms with Gasteiger partial charge in [0.2, 0.25) is 0 Å². The zero-order valence-electron chi connectivity index (χ0n) is 15.8. The van der Waals surface area contributed by atoms with Crippen molar-refractivity contribution in [3.8, 4) is 0 Å². The molecule has 5 rings (SSSR count). The predicted octanol–water partition coefficient (Wildman–Crippen LogP) is 2.22. The van der Waals surface area contributed by atoms with E-state index in [0.717, 1.165) is 43.4 Å². The highest BCUT2D eigenvalue weighted by Crippen LogP contribution is 2.32. The lowest BCUT2D eigenvalue weighted by molar-refractivity contribution is -0.383. The Morgan fingerprint density at radius 1 is 1.07 bits per heavy atom. The highest BCUT2D eigenvalue weighted by Gasteiger charge is 2.24. The number of aromatic nitrogens is 5. The van der Waals surface area contributed by atoms with Gasteiger partial charge in [-0.2, -0.15) is 14.6 Å². The third-order valence-electron chi connectivity index (χ3n) is 5.23. The standard InChI is InChI=1S/C19H18N8O2/c1-13-11-17(26-19(23-13)21-12-22-26)25-9-7-24(8-10-25)16-5-4-15(27(28)29)14-3-2-6-20-18(14)16/h2-6,11-12H,7-10H2,1H3. The Balaban J connectivity index is 1.45. The van der Waals surface area contributed by atoms with Crippen LogP contribution in [-0.2, 0) is 0 Å². The van der Waals surface area contributed by atoms with Crippen LogP contribution >= 0.6 is 0 Å². The summed E-state index contributed by atoms with van der Waals surface area (Å²) >= 11 is 0. The quantitative estimate of drug-likeness (QED) is 0.387. The van der Waals surface area contributed by atoms with Crippen molar-refractivity contribution in [2.24, 2.45) is 0 Å². The number of non-ortho nitro benzene ring substituents is 1. The van der Waals surface area contributed by atoms with Crippen LogP contribution in [0.3, 0.4) is 0 Å². The third kappa shape index (κ3) is 2.89. The Morgan fingerprint density at radius 2 is 1.86 bits per heavy atom. The van der Waals surface area contributed by atoms with Gasteiger partial charge in [-0.15, -0.1) is 0 Å². The fourth-order valence-corrected chi connectivity index (χ4v) is 3.87. The zero-order chi connectivity index (χ0) is 20.0. The maximum Gasteiger partial charge on any atom is 0.278 e. The lowest BCUT2D eigenvalue weighted by Crippen LogP contribution is -2.47. The van der Waals surface area contributed by atoms with E-state index in [4.69, 9.17) is 0 Å². The summed E-state index contributed by atoms with van der Waals surface area (Å²) in [5.74, 6) is 1.56. The summed E-state index contributed by atoms with van der Waals surface area (Å²) in [5.41, 5.74) is 2.56. The van der Waals surface area contributed by atoms with E-state index in [1.807, 2.05) is 13.0 Å². The predicted molar refractivity (Wildman–Crippen MR) is 108 cm³/mol. The molecule has 0 radical (unpaired) electrons. The minimum atomic E-state index is -0.360. The number of rotatable bonds is 3. The molecule has 4 heterocycles. The number of hydrogen-bond acceptors (Lipinski definition) is 8. The molecule has 0 N–H and O–H groups in total. The van der Waals surface area contributed by atoms with E-state index >= 15 is 0 Å². The minimum absolute atomic E-state index is 0.0799. The molecule has 0 amide bonds. The molecule has 1 aliphatic rings. The van der Waals surface area contributed by atoms with E-state index in [2.05, 4.69) is 29.9 Å². The summed E-state index contributed by atoms with van der Waals surface area (Å²) in [6.07, 6.45) is 3.18. The van der Waals surface area contributed by atoms with Crippen LogP contribution < -0.4 is 9.80 Å². The summed E-state index contributed by atoms with van der Waals surface area (Å²) < 4.78 is 1.76. The van der Waals surface area contributed by atoms with E-state index in [9.17, 15) is 10.1 Å². The number of pyridine rings is 1. The van der Waals surface area contributed by atoms with Gasteiger partial charge in [0.25, 0.3) is 11.5 Å². The first kappa shape index (κ1) is 17.3. The molecular formula is C19H18N8O2. The smallest absolute Gasteiger partial charge is 0.278 e. The van der Waals surface area contributed by atoms with Crippen LogP contribution in [0, 0.1) is 17.0 Å². The molecule has 4 aromatic rings. The van der Waals surface area contributed by atoms with E-state index < -0.39 is 0 Å². The van der Waals surface area contributed by atoms with Gasteiger partial charge < -0.3 is 9.80 Å². The molecule has 10 nitrogen and oxygen atoms in total. The van der Waals surface area contributed by atoms with E-state index in [0.29, 0.717) is 16.7 Å². The van der Waals surface area contributed by atoms with Gasteiger partial charge in [-0.1, -0.05) is 0 Å². The second-order valence-corrected chi connectivity index (χ2v) is 6.96. The fourth-order valence-electron chi connectivity index (χ4n) is 3.87. The number of piperazine rings is 1. The highest BCUT2D eigenvalue weighted by atomic mass is 16.6. The molecule has 1 aromatic carbocycles. The molecular weight excluding hydrogens is 372 g/mol. The van der Waals surface area contributed by atoms with Crippen molar-refractivity contribution in [1.82, 2.24) is 24.6 Å². The lowest BCUT2D eigenvalue weighted by Gasteiger charge is -2.37. The summed E-state index contributed by atoms with van der Waals surface area (Å²) in [6, 6.07) is 8.86. The number of hydrogen-bond donors (Lipinski definition) is 0. The van der Waals surface area contributed by atoms with Crippen molar-refractivity contribution >= 4 is 33.9 Å². The first-order chi connectivity index (χ1) is 14.1. The van der Waals surface area contributed by atoms with Gasteiger partial charge in [0.15, 0.2) is 0 Å². The van der Waals surface area contributed by atoms with Crippen LogP contribution in [0.4, 0.5) is 17.2 Å². The molecule has 29 heavy (non-hydrogen) atoms. The number of nitro benzene ring substituents is 1. The Bertz CT molecular complexity index is 1230. The molecule has 3 aromatic heterocycles. The van der Waals surface area contributed by atoms with E-state index in [1.54, 1.807) is 35.0 Å². The van der Waals surface area contributed by atoms with Gasteiger partial charge in [0, 0.05) is 50.2 Å². The molecule has 146 valence electrons. The third-order valence-corrected chi connectivity index (χ3v) is 5.23. The normalized spacial score (nSPS) is 14.7. The first-order valence-electron chi connectivity index (χ1n) is 9.31. The van der Waals surface area contributed by atoms with Gasteiger partial charge >= 0.3 is 0 Å². The molecule has 0 saturated carbocycles. The molecule has 0 bridgehead atoms. The maximum atomic E-state index is 11.4. The number of anilines is 2. The summed E-state index contributed by atoms with van der Waals surface area (Å²) in [4.78, 5) is 28.5. The minimum Gasteiger partial charge on any atom is -0.366 e. The van der Waals surface area contributed by atoms with Crippen LogP contribution in [0.1, 0.15) is 5.69 Å². The van der Waals surface area contributed by atoms with Crippen molar-refractivity contribution in [2.45, 2.75) is 6.92 Å². The Kier molecular flexibility index (Phi) is 3.97. The molecule has 0 aliphatic carbocycles. The fraction of sp³-hybridized carbons (Fsp3) is 0.263. The SMILES string of the molecule is Cc1cc(N2CCN(c3ccc([N+](=O)[O-])c4cccnc34)CC2)n2ncnc2n1. The van der Waals surface area contributed by atoms with Crippen molar-refractivity contribution < 1.29 is 4.92 Å². The van der Waals surface area contributed by atoms with Crippen molar-refractivity contribution in [3.05, 3.63) is 58.7 Å². The molecule has 1 saturated heterocycles. The summed E-state index contributed by atoms with van der Waals surface area (Å²) in [6.45, 7) is 5.04. The summed E-state index contributed by atoms with van der Waals surface area (Å²) in [5, 5.41) is 16.2. The first-order valence-corrected chi connectivity index (χ1v) is 9.31. The average Bonchev–Trinajstić information content (AvgIpc) is 3.21.